The third-order valence-corrected chi connectivity index (χ3v) is 9.41. The zero-order chi connectivity index (χ0) is 32.2. The van der Waals surface area contributed by atoms with Gasteiger partial charge < -0.3 is 34.6 Å². The van der Waals surface area contributed by atoms with Crippen LogP contribution in [-0.2, 0) is 30.6 Å². The van der Waals surface area contributed by atoms with Crippen LogP contribution in [0.15, 0.2) is 79.1 Å². The van der Waals surface area contributed by atoms with Crippen LogP contribution in [0.5, 0.6) is 11.5 Å². The number of nitrogens with zero attached hydrogens (tertiary/aromatic N) is 3. The number of fused-ring (bicyclic) bond motifs is 2. The van der Waals surface area contributed by atoms with Crippen molar-refractivity contribution in [2.24, 2.45) is 5.92 Å². The summed E-state index contributed by atoms with van der Waals surface area (Å²) in [4.78, 5) is 20.6. The summed E-state index contributed by atoms with van der Waals surface area (Å²) in [6.07, 6.45) is 7.79. The van der Waals surface area contributed by atoms with E-state index in [0.29, 0.717) is 19.4 Å². The van der Waals surface area contributed by atoms with E-state index in [-0.39, 0.29) is 11.8 Å². The molecule has 1 fully saturated rings. The summed E-state index contributed by atoms with van der Waals surface area (Å²) in [7, 11) is 3.32. The molecule has 0 bridgehead atoms. The Balaban J connectivity index is 1.27. The Labute approximate surface area is 273 Å². The number of H-pyrrole nitrogens is 2. The molecule has 4 heterocycles. The number of carbonyl (C=O) groups is 1. The number of hydrogen-bond donors (Lipinski definition) is 4. The molecule has 242 valence electrons. The Morgan fingerprint density at radius 2 is 1.57 bits per heavy atom. The van der Waals surface area contributed by atoms with Crippen LogP contribution in [0.4, 0.5) is 0 Å². The first kappa shape index (κ1) is 30.6. The van der Waals surface area contributed by atoms with Gasteiger partial charge in [0.25, 0.3) is 0 Å². The third kappa shape index (κ3) is 6.46. The van der Waals surface area contributed by atoms with Gasteiger partial charge in [-0.15, -0.1) is 10.2 Å². The zero-order valence-electron chi connectivity index (χ0n) is 26.9. The number of amides is 1. The first-order chi connectivity index (χ1) is 23.1. The second-order valence-electron chi connectivity index (χ2n) is 12.2. The van der Waals surface area contributed by atoms with Crippen LogP contribution < -0.4 is 20.1 Å². The number of nitrogens with one attached hydrogen (secondary N) is 4. The summed E-state index contributed by atoms with van der Waals surface area (Å²) < 4.78 is 13.4. The molecule has 6 aromatic rings. The van der Waals surface area contributed by atoms with E-state index in [1.807, 2.05) is 42.6 Å². The van der Waals surface area contributed by atoms with E-state index in [4.69, 9.17) is 19.7 Å². The van der Waals surface area contributed by atoms with Crippen molar-refractivity contribution in [1.82, 2.24) is 35.4 Å². The van der Waals surface area contributed by atoms with Gasteiger partial charge in [-0.1, -0.05) is 36.4 Å². The van der Waals surface area contributed by atoms with Gasteiger partial charge in [-0.25, -0.2) is 0 Å². The molecule has 1 aliphatic heterocycles. The van der Waals surface area contributed by atoms with Crippen LogP contribution >= 0.6 is 0 Å². The number of piperidine rings is 1. The highest BCUT2D eigenvalue weighted by Gasteiger charge is 2.29. The largest absolute Gasteiger partial charge is 0.497 e. The van der Waals surface area contributed by atoms with Crippen molar-refractivity contribution in [2.75, 3.05) is 27.3 Å². The molecule has 1 saturated heterocycles. The number of hydrogen-bond acceptors (Lipinski definition) is 6. The fraction of sp³-hybridized carbons (Fsp3) is 0.324. The summed E-state index contributed by atoms with van der Waals surface area (Å²) in [5, 5.41) is 18.8. The Hall–Kier alpha value is -5.09. The Kier molecular flexibility index (Phi) is 8.92. The van der Waals surface area contributed by atoms with Gasteiger partial charge in [0, 0.05) is 64.6 Å². The van der Waals surface area contributed by atoms with E-state index >= 15 is 0 Å². The number of methoxy groups -OCH3 is 2. The molecule has 1 aliphatic rings. The number of carbonyl (C=O) groups excluding carboxylic acids is 1. The van der Waals surface area contributed by atoms with Gasteiger partial charge in [-0.05, 0) is 67.7 Å². The molecule has 3 aromatic heterocycles. The summed E-state index contributed by atoms with van der Waals surface area (Å²) in [6, 6.07) is 22.1. The van der Waals surface area contributed by atoms with Gasteiger partial charge in [0.1, 0.15) is 17.3 Å². The van der Waals surface area contributed by atoms with Crippen molar-refractivity contribution in [3.8, 4) is 11.5 Å². The lowest BCUT2D eigenvalue weighted by Gasteiger charge is -2.26. The van der Waals surface area contributed by atoms with Gasteiger partial charge in [0.05, 0.1) is 26.8 Å². The number of benzene rings is 3. The zero-order valence-corrected chi connectivity index (χ0v) is 26.9. The van der Waals surface area contributed by atoms with Crippen molar-refractivity contribution in [3.05, 3.63) is 107 Å². The molecule has 0 radical (unpaired) electrons. The van der Waals surface area contributed by atoms with Crippen molar-refractivity contribution in [2.45, 2.75) is 44.7 Å². The average Bonchev–Trinajstić information content (AvgIpc) is 3.84. The monoisotopic (exact) mass is 631 g/mol. The van der Waals surface area contributed by atoms with Crippen molar-refractivity contribution in [3.63, 3.8) is 0 Å². The topological polar surface area (TPSA) is 122 Å². The van der Waals surface area contributed by atoms with Gasteiger partial charge in [0.15, 0.2) is 5.82 Å². The summed E-state index contributed by atoms with van der Waals surface area (Å²) in [6.45, 7) is 2.17. The number of para-hydroxylation sites is 2. The number of aryl methyl sites for hydroxylation is 2. The smallest absolute Gasteiger partial charge is 0.223 e. The van der Waals surface area contributed by atoms with Crippen LogP contribution in [0.2, 0.25) is 0 Å². The van der Waals surface area contributed by atoms with Crippen LogP contribution in [0.3, 0.4) is 0 Å². The summed E-state index contributed by atoms with van der Waals surface area (Å²) >= 11 is 0. The standard InChI is InChI=1S/C37H41N7O3/c1-46-28-13-11-26(34(20-28)47-2)23-44-35(14-12-25-21-39-31-9-5-3-7-29(25)31)42-43-36(44)33(41-37(45)24-15-17-38-18-16-24)19-27-22-40-32-10-6-4-8-30(27)32/h3-11,13,20-22,24,33,38-40H,12,14-19,23H2,1-2H3,(H,41,45). The first-order valence-electron chi connectivity index (χ1n) is 16.3. The van der Waals surface area contributed by atoms with Crippen molar-refractivity contribution < 1.29 is 14.3 Å². The lowest BCUT2D eigenvalue weighted by molar-refractivity contribution is -0.126. The molecule has 3 aromatic carbocycles. The van der Waals surface area contributed by atoms with E-state index < -0.39 is 6.04 Å². The molecule has 7 rings (SSSR count). The first-order valence-corrected chi connectivity index (χ1v) is 16.3. The minimum absolute atomic E-state index is 0.0406. The lowest BCUT2D eigenvalue weighted by atomic mass is 9.96. The second-order valence-corrected chi connectivity index (χ2v) is 12.2. The minimum atomic E-state index is -0.393. The molecule has 1 amide bonds. The molecule has 4 N–H and O–H groups in total. The van der Waals surface area contributed by atoms with E-state index in [1.165, 1.54) is 10.9 Å². The van der Waals surface area contributed by atoms with Gasteiger partial charge in [-0.2, -0.15) is 0 Å². The van der Waals surface area contributed by atoms with E-state index in [1.54, 1.807) is 14.2 Å². The number of aromatic nitrogens is 5. The van der Waals surface area contributed by atoms with E-state index in [0.717, 1.165) is 83.0 Å². The molecule has 1 atom stereocenters. The fourth-order valence-corrected chi connectivity index (χ4v) is 6.80. The lowest BCUT2D eigenvalue weighted by Crippen LogP contribution is -2.41. The minimum Gasteiger partial charge on any atom is -0.497 e. The van der Waals surface area contributed by atoms with Crippen molar-refractivity contribution >= 4 is 27.7 Å². The quantitative estimate of drug-likeness (QED) is 0.142. The Bertz CT molecular complexity index is 1980. The van der Waals surface area contributed by atoms with Gasteiger partial charge in [-0.3, -0.25) is 4.79 Å². The molecule has 10 heteroatoms. The molecular formula is C37H41N7O3. The maximum absolute atomic E-state index is 13.8. The van der Waals surface area contributed by atoms with Crippen LogP contribution in [0, 0.1) is 5.92 Å². The van der Waals surface area contributed by atoms with Crippen LogP contribution in [0.25, 0.3) is 21.8 Å². The number of rotatable bonds is 12. The average molecular weight is 632 g/mol. The normalized spacial score (nSPS) is 14.4. The van der Waals surface area contributed by atoms with Crippen LogP contribution in [0.1, 0.15) is 47.2 Å². The van der Waals surface area contributed by atoms with Gasteiger partial charge >= 0.3 is 0 Å². The van der Waals surface area contributed by atoms with E-state index in [9.17, 15) is 4.79 Å². The highest BCUT2D eigenvalue weighted by molar-refractivity contribution is 5.84. The van der Waals surface area contributed by atoms with Crippen molar-refractivity contribution in [1.29, 1.82) is 0 Å². The Morgan fingerprint density at radius 3 is 2.30 bits per heavy atom. The fourth-order valence-electron chi connectivity index (χ4n) is 6.80. The third-order valence-electron chi connectivity index (χ3n) is 9.41. The molecule has 10 nitrogen and oxygen atoms in total. The predicted octanol–water partition coefficient (Wildman–Crippen LogP) is 5.49. The molecule has 0 aliphatic carbocycles. The maximum atomic E-state index is 13.8. The highest BCUT2D eigenvalue weighted by Crippen LogP contribution is 2.30. The highest BCUT2D eigenvalue weighted by atomic mass is 16.5. The molecular weight excluding hydrogens is 590 g/mol. The predicted molar refractivity (Wildman–Crippen MR) is 183 cm³/mol. The second kappa shape index (κ2) is 13.7. The summed E-state index contributed by atoms with van der Waals surface area (Å²) in [5.74, 6) is 3.04. The van der Waals surface area contributed by atoms with Gasteiger partial charge in [0.2, 0.25) is 5.91 Å². The Morgan fingerprint density at radius 1 is 0.872 bits per heavy atom. The van der Waals surface area contributed by atoms with Crippen LogP contribution in [-0.4, -0.2) is 57.9 Å². The molecule has 0 spiro atoms. The SMILES string of the molecule is COc1ccc(Cn2c(CCc3c[nH]c4ccccc34)nnc2C(Cc2c[nH]c3ccccc23)NC(=O)C2CCNCC2)c(OC)c1. The summed E-state index contributed by atoms with van der Waals surface area (Å²) in [5.41, 5.74) is 5.50. The molecule has 47 heavy (non-hydrogen) atoms. The van der Waals surface area contributed by atoms with E-state index in [2.05, 4.69) is 61.7 Å². The number of aromatic amines is 2. The molecule has 0 saturated carbocycles. The number of ether oxygens (including phenoxy) is 2. The maximum Gasteiger partial charge on any atom is 0.223 e. The molecule has 1 unspecified atom stereocenters.